The largest absolute Gasteiger partial charge is 0.376 e. The topological polar surface area (TPSA) is 43.4 Å². The molecular weight excluding hydrogens is 260 g/mol. The number of hydrogen-bond acceptors (Lipinski definition) is 3. The summed E-state index contributed by atoms with van der Waals surface area (Å²) >= 11 is 5.94. The van der Waals surface area contributed by atoms with Crippen molar-refractivity contribution in [3.63, 3.8) is 0 Å². The van der Waals surface area contributed by atoms with Crippen molar-refractivity contribution in [1.82, 2.24) is 0 Å². The van der Waals surface area contributed by atoms with Gasteiger partial charge in [-0.1, -0.05) is 0 Å². The molecule has 0 aromatic rings. The van der Waals surface area contributed by atoms with E-state index in [1.165, 1.54) is 0 Å². The van der Waals surface area contributed by atoms with Gasteiger partial charge < -0.3 is 4.74 Å². The van der Waals surface area contributed by atoms with Gasteiger partial charge in [0.05, 0.1) is 17.1 Å². The van der Waals surface area contributed by atoms with Crippen molar-refractivity contribution < 1.29 is 13.2 Å². The van der Waals surface area contributed by atoms with E-state index in [0.717, 1.165) is 12.8 Å². The average molecular weight is 283 g/mol. The van der Waals surface area contributed by atoms with E-state index < -0.39 is 9.84 Å². The Bertz CT molecular complexity index is 332. The predicted molar refractivity (Wildman–Crippen MR) is 71.3 cm³/mol. The summed E-state index contributed by atoms with van der Waals surface area (Å²) in [7, 11) is -2.80. The highest BCUT2D eigenvalue weighted by Gasteiger charge is 2.33. The van der Waals surface area contributed by atoms with Crippen molar-refractivity contribution in [2.45, 2.75) is 39.2 Å². The second-order valence-corrected chi connectivity index (χ2v) is 8.36. The molecule has 0 amide bonds. The van der Waals surface area contributed by atoms with E-state index in [4.69, 9.17) is 16.3 Å². The molecule has 0 N–H and O–H groups in total. The number of rotatable bonds is 5. The molecule has 3 nitrogen and oxygen atoms in total. The van der Waals surface area contributed by atoms with Gasteiger partial charge in [0.15, 0.2) is 9.84 Å². The number of sulfone groups is 1. The molecule has 1 saturated heterocycles. The van der Waals surface area contributed by atoms with E-state index in [-0.39, 0.29) is 17.4 Å². The summed E-state index contributed by atoms with van der Waals surface area (Å²) in [4.78, 5) is 0. The second-order valence-electron chi connectivity index (χ2n) is 5.83. The molecule has 0 aromatic heterocycles. The van der Waals surface area contributed by atoms with Crippen molar-refractivity contribution >= 4 is 21.4 Å². The summed E-state index contributed by atoms with van der Waals surface area (Å²) in [5.41, 5.74) is -0.140. The van der Waals surface area contributed by atoms with E-state index in [1.54, 1.807) is 0 Å². The quantitative estimate of drug-likeness (QED) is 0.728. The van der Waals surface area contributed by atoms with Gasteiger partial charge in [0.25, 0.3) is 0 Å². The first-order valence-corrected chi connectivity index (χ1v) is 8.49. The molecule has 2 unspecified atom stereocenters. The molecular formula is C12H23ClO3S. The molecule has 1 aliphatic rings. The molecule has 2 atom stereocenters. The highest BCUT2D eigenvalue weighted by atomic mass is 35.5. The van der Waals surface area contributed by atoms with Gasteiger partial charge in [-0.3, -0.25) is 0 Å². The van der Waals surface area contributed by atoms with E-state index >= 15 is 0 Å². The molecule has 0 saturated carbocycles. The van der Waals surface area contributed by atoms with Crippen LogP contribution >= 0.6 is 11.6 Å². The SMILES string of the molecule is CC(C)(C)OCCC(CCl)C1CCS(=O)(=O)C1. The smallest absolute Gasteiger partial charge is 0.150 e. The third-order valence-electron chi connectivity index (χ3n) is 3.16. The summed E-state index contributed by atoms with van der Waals surface area (Å²) in [6.07, 6.45) is 1.61. The minimum absolute atomic E-state index is 0.140. The Kier molecular flexibility index (Phi) is 5.29. The lowest BCUT2D eigenvalue weighted by molar-refractivity contribution is -0.0105. The fourth-order valence-electron chi connectivity index (χ4n) is 2.15. The third-order valence-corrected chi connectivity index (χ3v) is 5.35. The van der Waals surface area contributed by atoms with E-state index in [2.05, 4.69) is 0 Å². The fourth-order valence-corrected chi connectivity index (χ4v) is 4.48. The minimum Gasteiger partial charge on any atom is -0.376 e. The van der Waals surface area contributed by atoms with Crippen LogP contribution in [0.25, 0.3) is 0 Å². The number of hydrogen-bond donors (Lipinski definition) is 0. The first-order chi connectivity index (χ1) is 7.73. The molecule has 17 heavy (non-hydrogen) atoms. The van der Waals surface area contributed by atoms with Crippen molar-refractivity contribution in [3.05, 3.63) is 0 Å². The van der Waals surface area contributed by atoms with Crippen LogP contribution < -0.4 is 0 Å². The van der Waals surface area contributed by atoms with Gasteiger partial charge in [0, 0.05) is 12.5 Å². The van der Waals surface area contributed by atoms with Crippen molar-refractivity contribution in [1.29, 1.82) is 0 Å². The maximum absolute atomic E-state index is 11.4. The molecule has 0 bridgehead atoms. The maximum Gasteiger partial charge on any atom is 0.150 e. The Morgan fingerprint density at radius 2 is 2.06 bits per heavy atom. The van der Waals surface area contributed by atoms with E-state index in [1.807, 2.05) is 20.8 Å². The molecule has 5 heteroatoms. The molecule has 1 fully saturated rings. The van der Waals surface area contributed by atoms with Crippen LogP contribution in [-0.2, 0) is 14.6 Å². The summed E-state index contributed by atoms with van der Waals surface area (Å²) < 4.78 is 28.5. The van der Waals surface area contributed by atoms with Gasteiger partial charge in [0.2, 0.25) is 0 Å². The zero-order chi connectivity index (χ0) is 13.1. The van der Waals surface area contributed by atoms with Gasteiger partial charge in [-0.15, -0.1) is 11.6 Å². The first-order valence-electron chi connectivity index (χ1n) is 6.14. The highest BCUT2D eigenvalue weighted by Crippen LogP contribution is 2.29. The maximum atomic E-state index is 11.4. The zero-order valence-electron chi connectivity index (χ0n) is 10.9. The Hall–Kier alpha value is 0.200. The standard InChI is InChI=1S/C12H23ClO3S/c1-12(2,3)16-6-4-10(8-13)11-5-7-17(14,15)9-11/h10-11H,4-9H2,1-3H3. The zero-order valence-corrected chi connectivity index (χ0v) is 12.5. The second kappa shape index (κ2) is 5.89. The third kappa shape index (κ3) is 5.58. The first kappa shape index (κ1) is 15.3. The Labute approximate surface area is 110 Å². The lowest BCUT2D eigenvalue weighted by Crippen LogP contribution is -2.24. The van der Waals surface area contributed by atoms with Crippen LogP contribution in [0.15, 0.2) is 0 Å². The van der Waals surface area contributed by atoms with Gasteiger partial charge >= 0.3 is 0 Å². The van der Waals surface area contributed by atoms with Gasteiger partial charge in [-0.05, 0) is 45.4 Å². The lowest BCUT2D eigenvalue weighted by Gasteiger charge is -2.24. The molecule has 0 aliphatic carbocycles. The van der Waals surface area contributed by atoms with Crippen LogP contribution in [-0.4, -0.2) is 38.0 Å². The van der Waals surface area contributed by atoms with E-state index in [9.17, 15) is 8.42 Å². The predicted octanol–water partition coefficient (Wildman–Crippen LogP) is 2.48. The van der Waals surface area contributed by atoms with Gasteiger partial charge in [-0.2, -0.15) is 0 Å². The normalized spacial score (nSPS) is 26.0. The van der Waals surface area contributed by atoms with Crippen LogP contribution in [0.3, 0.4) is 0 Å². The molecule has 1 heterocycles. The summed E-state index contributed by atoms with van der Waals surface area (Å²) in [6.45, 7) is 6.70. The number of ether oxygens (including phenoxy) is 1. The molecule has 102 valence electrons. The van der Waals surface area contributed by atoms with Crippen molar-refractivity contribution in [2.24, 2.45) is 11.8 Å². The van der Waals surface area contributed by atoms with Crippen molar-refractivity contribution in [3.8, 4) is 0 Å². The number of alkyl halides is 1. The minimum atomic E-state index is -2.80. The van der Waals surface area contributed by atoms with Gasteiger partial charge in [0.1, 0.15) is 0 Å². The Balaban J connectivity index is 2.39. The number of halogens is 1. The monoisotopic (exact) mass is 282 g/mol. The molecule has 1 aliphatic heterocycles. The van der Waals surface area contributed by atoms with Crippen LogP contribution in [0.4, 0.5) is 0 Å². The van der Waals surface area contributed by atoms with Crippen LogP contribution in [0.1, 0.15) is 33.6 Å². The Morgan fingerprint density at radius 1 is 1.41 bits per heavy atom. The highest BCUT2D eigenvalue weighted by molar-refractivity contribution is 7.91. The van der Waals surface area contributed by atoms with Crippen molar-refractivity contribution in [2.75, 3.05) is 24.0 Å². The van der Waals surface area contributed by atoms with Gasteiger partial charge in [-0.25, -0.2) is 8.42 Å². The molecule has 1 rings (SSSR count). The molecule has 0 radical (unpaired) electrons. The molecule has 0 spiro atoms. The summed E-state index contributed by atoms with van der Waals surface area (Å²) in [5, 5.41) is 0. The average Bonchev–Trinajstić information content (AvgIpc) is 2.52. The van der Waals surface area contributed by atoms with Crippen LogP contribution in [0.5, 0.6) is 0 Å². The Morgan fingerprint density at radius 3 is 2.47 bits per heavy atom. The fraction of sp³-hybridized carbons (Fsp3) is 1.00. The van der Waals surface area contributed by atoms with Crippen LogP contribution in [0, 0.1) is 11.8 Å². The summed E-state index contributed by atoms with van der Waals surface area (Å²) in [6, 6.07) is 0. The lowest BCUT2D eigenvalue weighted by atomic mass is 9.91. The van der Waals surface area contributed by atoms with E-state index in [0.29, 0.717) is 24.0 Å². The van der Waals surface area contributed by atoms with Crippen LogP contribution in [0.2, 0.25) is 0 Å². The molecule has 0 aromatic carbocycles. The summed E-state index contributed by atoms with van der Waals surface area (Å²) in [5.74, 6) is 1.64.